The molecule has 30 heavy (non-hydrogen) atoms. The number of carbonyl (C=O) groups excluding carboxylic acids is 2. The van der Waals surface area contributed by atoms with Crippen molar-refractivity contribution in [3.63, 3.8) is 0 Å². The van der Waals surface area contributed by atoms with E-state index in [4.69, 9.17) is 9.47 Å². The second-order valence-electron chi connectivity index (χ2n) is 6.66. The lowest BCUT2D eigenvalue weighted by Crippen LogP contribution is -2.02. The Morgan fingerprint density at radius 2 is 1.93 bits per heavy atom. The first-order chi connectivity index (χ1) is 14.6. The number of methoxy groups -OCH3 is 1. The van der Waals surface area contributed by atoms with Gasteiger partial charge in [0.2, 0.25) is 0 Å². The predicted octanol–water partition coefficient (Wildman–Crippen LogP) is 4.65. The lowest BCUT2D eigenvalue weighted by atomic mass is 10.1. The van der Waals surface area contributed by atoms with Crippen LogP contribution in [0.5, 0.6) is 11.5 Å². The van der Waals surface area contributed by atoms with E-state index in [9.17, 15) is 9.59 Å². The molecule has 3 rings (SSSR count). The van der Waals surface area contributed by atoms with Crippen LogP contribution in [0.3, 0.4) is 0 Å². The molecule has 0 radical (unpaired) electrons. The minimum Gasteiger partial charge on any atom is -0.496 e. The normalized spacial score (nSPS) is 13.0. The van der Waals surface area contributed by atoms with Crippen LogP contribution >= 0.6 is 0 Å². The summed E-state index contributed by atoms with van der Waals surface area (Å²) in [6.45, 7) is 0.347. The molecule has 0 spiro atoms. The molecule has 0 atom stereocenters. The topological polar surface area (TPSA) is 65.5 Å². The van der Waals surface area contributed by atoms with E-state index in [0.29, 0.717) is 18.1 Å². The first-order valence-corrected chi connectivity index (χ1v) is 9.62. The summed E-state index contributed by atoms with van der Waals surface area (Å²) < 4.78 is 11.1. The molecule has 2 aromatic rings. The monoisotopic (exact) mass is 401 g/mol. The molecule has 0 bridgehead atoms. The molecular weight excluding hydrogens is 378 g/mol. The van der Waals surface area contributed by atoms with Crippen LogP contribution in [0, 0.1) is 0 Å². The number of nitrogens with zero attached hydrogens (tertiary/aromatic N) is 1. The average molecular weight is 401 g/mol. The zero-order valence-electron chi connectivity index (χ0n) is 16.8. The SMILES string of the molecule is COc1cc(OCc2ccccn2)ccc1/C=C/C(=O)CC(=O)/C=C/C1=CC=CC1. The Balaban J connectivity index is 1.56. The van der Waals surface area contributed by atoms with Crippen LogP contribution in [0.1, 0.15) is 24.1 Å². The Bertz CT molecular complexity index is 1020. The van der Waals surface area contributed by atoms with Crippen molar-refractivity contribution in [2.45, 2.75) is 19.4 Å². The molecule has 1 aromatic carbocycles. The van der Waals surface area contributed by atoms with Crippen LogP contribution in [0.4, 0.5) is 0 Å². The van der Waals surface area contributed by atoms with Crippen molar-refractivity contribution in [1.82, 2.24) is 4.98 Å². The van der Waals surface area contributed by atoms with Crippen LogP contribution in [0.2, 0.25) is 0 Å². The largest absolute Gasteiger partial charge is 0.496 e. The second-order valence-corrected chi connectivity index (χ2v) is 6.66. The quantitative estimate of drug-likeness (QED) is 0.428. The molecule has 1 aliphatic carbocycles. The number of allylic oxidation sites excluding steroid dienone is 7. The van der Waals surface area contributed by atoms with Crippen LogP contribution in [-0.2, 0) is 16.2 Å². The van der Waals surface area contributed by atoms with Crippen molar-refractivity contribution in [1.29, 1.82) is 0 Å². The fraction of sp³-hybridized carbons (Fsp3) is 0.160. The summed E-state index contributed by atoms with van der Waals surface area (Å²) in [5.41, 5.74) is 2.60. The zero-order chi connectivity index (χ0) is 21.2. The van der Waals surface area contributed by atoms with E-state index in [1.54, 1.807) is 43.7 Å². The van der Waals surface area contributed by atoms with Crippen LogP contribution < -0.4 is 9.47 Å². The zero-order valence-corrected chi connectivity index (χ0v) is 16.8. The first-order valence-electron chi connectivity index (χ1n) is 9.62. The maximum atomic E-state index is 12.1. The maximum Gasteiger partial charge on any atom is 0.163 e. The number of ether oxygens (including phenoxy) is 2. The van der Waals surface area contributed by atoms with E-state index in [-0.39, 0.29) is 18.0 Å². The van der Waals surface area contributed by atoms with Gasteiger partial charge in [0.1, 0.15) is 18.1 Å². The summed E-state index contributed by atoms with van der Waals surface area (Å²) in [4.78, 5) is 28.3. The molecule has 0 fully saturated rings. The molecule has 5 heteroatoms. The van der Waals surface area contributed by atoms with Gasteiger partial charge in [-0.15, -0.1) is 0 Å². The lowest BCUT2D eigenvalue weighted by molar-refractivity contribution is -0.121. The highest BCUT2D eigenvalue weighted by Gasteiger charge is 2.07. The summed E-state index contributed by atoms with van der Waals surface area (Å²) in [6.07, 6.45) is 14.5. The van der Waals surface area contributed by atoms with E-state index in [2.05, 4.69) is 4.98 Å². The number of benzene rings is 1. The molecule has 1 aromatic heterocycles. The molecule has 152 valence electrons. The molecule has 0 unspecified atom stereocenters. The van der Waals surface area contributed by atoms with Crippen LogP contribution in [0.25, 0.3) is 6.08 Å². The van der Waals surface area contributed by atoms with Gasteiger partial charge in [-0.25, -0.2) is 0 Å². The molecule has 5 nitrogen and oxygen atoms in total. The highest BCUT2D eigenvalue weighted by Crippen LogP contribution is 2.26. The Morgan fingerprint density at radius 3 is 2.63 bits per heavy atom. The first kappa shape index (κ1) is 21.0. The van der Waals surface area contributed by atoms with Crippen molar-refractivity contribution in [2.24, 2.45) is 0 Å². The van der Waals surface area contributed by atoms with E-state index >= 15 is 0 Å². The van der Waals surface area contributed by atoms with Gasteiger partial charge in [0, 0.05) is 17.8 Å². The summed E-state index contributed by atoms with van der Waals surface area (Å²) in [7, 11) is 1.55. The summed E-state index contributed by atoms with van der Waals surface area (Å²) in [5, 5.41) is 0. The van der Waals surface area contributed by atoms with Crippen molar-refractivity contribution in [3.8, 4) is 11.5 Å². The minimum atomic E-state index is -0.263. The number of hydrogen-bond donors (Lipinski definition) is 0. The van der Waals surface area contributed by atoms with Gasteiger partial charge in [0.05, 0.1) is 19.2 Å². The van der Waals surface area contributed by atoms with Crippen molar-refractivity contribution < 1.29 is 19.1 Å². The number of ketones is 2. The molecule has 1 aliphatic rings. The third-order valence-electron chi connectivity index (χ3n) is 4.40. The van der Waals surface area contributed by atoms with Gasteiger partial charge in [-0.1, -0.05) is 30.4 Å². The molecule has 0 aliphatic heterocycles. The fourth-order valence-electron chi connectivity index (χ4n) is 2.82. The Labute approximate surface area is 176 Å². The molecule has 0 saturated heterocycles. The Kier molecular flexibility index (Phi) is 7.50. The van der Waals surface area contributed by atoms with Crippen LogP contribution in [0.15, 0.2) is 84.6 Å². The van der Waals surface area contributed by atoms with E-state index in [1.165, 1.54) is 12.2 Å². The van der Waals surface area contributed by atoms with E-state index in [1.807, 2.05) is 36.4 Å². The number of hydrogen-bond acceptors (Lipinski definition) is 5. The van der Waals surface area contributed by atoms with E-state index < -0.39 is 0 Å². The van der Waals surface area contributed by atoms with Crippen LogP contribution in [-0.4, -0.2) is 23.7 Å². The fourth-order valence-corrected chi connectivity index (χ4v) is 2.82. The number of carbonyl (C=O) groups is 2. The number of pyridine rings is 1. The van der Waals surface area contributed by atoms with Crippen molar-refractivity contribution >= 4 is 17.6 Å². The lowest BCUT2D eigenvalue weighted by Gasteiger charge is -2.09. The molecule has 0 saturated carbocycles. The third-order valence-corrected chi connectivity index (χ3v) is 4.40. The summed E-state index contributed by atoms with van der Waals surface area (Å²) in [5.74, 6) is 0.727. The Hall–Kier alpha value is -3.73. The van der Waals surface area contributed by atoms with Gasteiger partial charge in [-0.3, -0.25) is 14.6 Å². The van der Waals surface area contributed by atoms with Gasteiger partial charge >= 0.3 is 0 Å². The van der Waals surface area contributed by atoms with Gasteiger partial charge < -0.3 is 9.47 Å². The van der Waals surface area contributed by atoms with Gasteiger partial charge in [-0.05, 0) is 54.5 Å². The highest BCUT2D eigenvalue weighted by atomic mass is 16.5. The Morgan fingerprint density at radius 1 is 1.10 bits per heavy atom. The molecule has 1 heterocycles. The smallest absolute Gasteiger partial charge is 0.163 e. The molecular formula is C25H23NO4. The second kappa shape index (κ2) is 10.7. The number of rotatable bonds is 10. The maximum absolute atomic E-state index is 12.1. The third kappa shape index (κ3) is 6.41. The molecule has 0 amide bonds. The standard InChI is InChI=1S/C25H23NO4/c1-29-25-17-24(30-18-21-8-4-5-15-26-21)14-11-20(25)10-13-23(28)16-22(27)12-9-19-6-2-3-7-19/h2-6,8-15,17H,7,16,18H2,1H3/b12-9+,13-10+. The van der Waals surface area contributed by atoms with E-state index in [0.717, 1.165) is 23.3 Å². The van der Waals surface area contributed by atoms with Gasteiger partial charge in [-0.2, -0.15) is 0 Å². The summed E-state index contributed by atoms with van der Waals surface area (Å²) >= 11 is 0. The average Bonchev–Trinajstić information content (AvgIpc) is 3.29. The predicted molar refractivity (Wildman–Crippen MR) is 116 cm³/mol. The van der Waals surface area contributed by atoms with Gasteiger partial charge in [0.25, 0.3) is 0 Å². The minimum absolute atomic E-state index is 0.165. The number of aromatic nitrogens is 1. The van der Waals surface area contributed by atoms with Crippen molar-refractivity contribution in [2.75, 3.05) is 7.11 Å². The van der Waals surface area contributed by atoms with Gasteiger partial charge in [0.15, 0.2) is 11.6 Å². The van der Waals surface area contributed by atoms with Crippen molar-refractivity contribution in [3.05, 3.63) is 95.9 Å². The highest BCUT2D eigenvalue weighted by molar-refractivity contribution is 6.09. The summed E-state index contributed by atoms with van der Waals surface area (Å²) in [6, 6.07) is 11.0. The molecule has 0 N–H and O–H groups in total.